The van der Waals surface area contributed by atoms with Gasteiger partial charge in [-0.15, -0.1) is 0 Å². The standard InChI is InChI=1S/3Ca.2H3O2PS2/c;;;2*1-3(2,4)5/h;;;2*(H3,1,2,4,5)/q3*+2;;/p-6. The van der Waals surface area contributed by atoms with Gasteiger partial charge >= 0.3 is 113 Å². The van der Waals surface area contributed by atoms with Crippen molar-refractivity contribution >= 4 is 174 Å². The third kappa shape index (κ3) is 138. The molecule has 64 valence electrons. The van der Waals surface area contributed by atoms with Gasteiger partial charge in [0.1, 0.15) is 0 Å². The molecule has 0 aromatic rings. The molecule has 0 unspecified atom stereocenters. The van der Waals surface area contributed by atoms with Crippen LogP contribution >= 0.6 is 11.5 Å². The Morgan fingerprint density at radius 3 is 0.692 bits per heavy atom. The molecule has 0 fully saturated rings. The van der Waals surface area contributed by atoms with E-state index in [2.05, 4.69) is 49.0 Å². The van der Waals surface area contributed by atoms with Crippen LogP contribution < -0.4 is 9.79 Å². The Hall–Kier alpha value is 5.56. The fourth-order valence-electron chi connectivity index (χ4n) is 0. The van der Waals surface area contributed by atoms with Crippen LogP contribution in [0.1, 0.15) is 0 Å². The van der Waals surface area contributed by atoms with Crippen molar-refractivity contribution in [1.82, 2.24) is 0 Å². The molecule has 0 aliphatic heterocycles. The summed E-state index contributed by atoms with van der Waals surface area (Å²) in [5, 5.41) is 0. The van der Waals surface area contributed by atoms with Gasteiger partial charge < -0.3 is 67.9 Å². The van der Waals surface area contributed by atoms with Crippen molar-refractivity contribution in [2.45, 2.75) is 0 Å². The summed E-state index contributed by atoms with van der Waals surface area (Å²) < 4.78 is 18.6. The van der Waals surface area contributed by atoms with Crippen LogP contribution in [0.3, 0.4) is 0 Å². The number of hydrogen-bond acceptors (Lipinski definition) is 8. The summed E-state index contributed by atoms with van der Waals surface area (Å²) in [6, 6.07) is 0. The molecule has 0 rings (SSSR count). The van der Waals surface area contributed by atoms with Crippen LogP contribution in [0.2, 0.25) is 0 Å². The average molecular weight is 374 g/mol. The van der Waals surface area contributed by atoms with Crippen LogP contribution in [0, 0.1) is 0 Å². The second-order valence-electron chi connectivity index (χ2n) is 0.894. The minimum atomic E-state index is -3.72. The number of rotatable bonds is 0. The molecule has 13 heteroatoms. The summed E-state index contributed by atoms with van der Waals surface area (Å²) in [5.41, 5.74) is 0. The first-order valence-corrected chi connectivity index (χ1v) is 8.76. The van der Waals surface area contributed by atoms with E-state index in [0.717, 1.165) is 0 Å². The second-order valence-corrected chi connectivity index (χ2v) is 9.84. The van der Waals surface area contributed by atoms with Gasteiger partial charge in [0.05, 0.1) is 0 Å². The molecule has 0 heterocycles. The zero-order valence-corrected chi connectivity index (χ0v) is 18.0. The van der Waals surface area contributed by atoms with Crippen LogP contribution in [0.15, 0.2) is 0 Å². The quantitative estimate of drug-likeness (QED) is 0.272. The summed E-state index contributed by atoms with van der Waals surface area (Å²) in [4.78, 5) is 18.6. The Kier molecular flexibility index (Phi) is 37.4. The molecule has 4 nitrogen and oxygen atoms in total. The fraction of sp³-hybridized carbons (Fsp3) is 0. The van der Waals surface area contributed by atoms with E-state index in [1.807, 2.05) is 0 Å². The SMILES string of the molecule is O=P([O-])([S-])[S-].O=P([O-])([S-])[S-].[Ca+2].[Ca+2].[Ca+2]. The fourth-order valence-corrected chi connectivity index (χ4v) is 0. The average Bonchev–Trinajstić information content (AvgIpc) is 1.12. The Balaban J connectivity index is -0.0000000267. The van der Waals surface area contributed by atoms with Gasteiger partial charge in [-0.2, -0.15) is 0 Å². The minimum absolute atomic E-state index is 0. The Labute approximate surface area is 188 Å². The van der Waals surface area contributed by atoms with E-state index in [-0.39, 0.29) is 113 Å². The van der Waals surface area contributed by atoms with Crippen molar-refractivity contribution in [1.29, 1.82) is 0 Å². The van der Waals surface area contributed by atoms with E-state index in [1.54, 1.807) is 0 Å². The van der Waals surface area contributed by atoms with Gasteiger partial charge in [0.25, 0.3) is 0 Å². The molecule has 13 heavy (non-hydrogen) atoms. The normalized spacial score (nSPS) is 9.08. The molecule has 0 atom stereocenters. The molecule has 0 bridgehead atoms. The first-order valence-electron chi connectivity index (χ1n) is 1.46. The number of hydrogen-bond donors (Lipinski definition) is 0. The molecule has 0 aromatic heterocycles. The van der Waals surface area contributed by atoms with E-state index < -0.39 is 11.5 Å². The molecule has 0 radical (unpaired) electrons. The monoisotopic (exact) mass is 374 g/mol. The van der Waals surface area contributed by atoms with E-state index in [9.17, 15) is 18.9 Å². The van der Waals surface area contributed by atoms with Gasteiger partial charge in [-0.3, -0.25) is 11.5 Å². The molecule has 0 aliphatic rings. The van der Waals surface area contributed by atoms with Gasteiger partial charge in [0.15, 0.2) is 0 Å². The van der Waals surface area contributed by atoms with Crippen molar-refractivity contribution in [3.63, 3.8) is 0 Å². The Morgan fingerprint density at radius 1 is 0.692 bits per heavy atom. The molecule has 0 saturated heterocycles. The maximum Gasteiger partial charge on any atom is 2.00 e. The third-order valence-electron chi connectivity index (χ3n) is 0. The Bertz CT molecular complexity index is 138. The van der Waals surface area contributed by atoms with Crippen LogP contribution in [0.5, 0.6) is 0 Å². The molecule has 0 spiro atoms. The topological polar surface area (TPSA) is 80.3 Å². The van der Waals surface area contributed by atoms with E-state index in [1.165, 1.54) is 0 Å². The zero-order valence-electron chi connectivity index (χ0n) is 6.28. The third-order valence-corrected chi connectivity index (χ3v) is 0. The van der Waals surface area contributed by atoms with Gasteiger partial charge in [-0.25, -0.2) is 0 Å². The van der Waals surface area contributed by atoms with Crippen molar-refractivity contribution in [2.75, 3.05) is 0 Å². The van der Waals surface area contributed by atoms with Crippen molar-refractivity contribution in [3.8, 4) is 0 Å². The maximum atomic E-state index is 9.29. The first kappa shape index (κ1) is 31.1. The summed E-state index contributed by atoms with van der Waals surface area (Å²) >= 11 is 14.6. The van der Waals surface area contributed by atoms with E-state index in [4.69, 9.17) is 0 Å². The molecular weight excluding hydrogens is 374 g/mol. The molecule has 0 saturated carbocycles. The van der Waals surface area contributed by atoms with Crippen LogP contribution in [-0.2, 0) is 58.1 Å². The summed E-state index contributed by atoms with van der Waals surface area (Å²) in [5.74, 6) is -7.44. The van der Waals surface area contributed by atoms with E-state index >= 15 is 0 Å². The van der Waals surface area contributed by atoms with Gasteiger partial charge in [-0.1, -0.05) is 0 Å². The van der Waals surface area contributed by atoms with Crippen LogP contribution in [0.25, 0.3) is 0 Å². The van der Waals surface area contributed by atoms with Crippen molar-refractivity contribution in [3.05, 3.63) is 0 Å². The first-order chi connectivity index (χ1) is 4.00. The summed E-state index contributed by atoms with van der Waals surface area (Å²) in [6.45, 7) is 0. The van der Waals surface area contributed by atoms with E-state index in [0.29, 0.717) is 0 Å². The predicted molar refractivity (Wildman–Crippen MR) is 61.9 cm³/mol. The summed E-state index contributed by atoms with van der Waals surface area (Å²) in [6.07, 6.45) is 0. The van der Waals surface area contributed by atoms with Gasteiger partial charge in [0.2, 0.25) is 0 Å². The molecule has 0 aromatic carbocycles. The molecule has 0 amide bonds. The predicted octanol–water partition coefficient (Wildman–Crippen LogP) is -2.05. The van der Waals surface area contributed by atoms with Crippen LogP contribution in [0.4, 0.5) is 0 Å². The Morgan fingerprint density at radius 2 is 0.692 bits per heavy atom. The zero-order chi connectivity index (χ0) is 9.00. The molecule has 0 N–H and O–H groups in total. The van der Waals surface area contributed by atoms with Crippen molar-refractivity contribution in [2.24, 2.45) is 0 Å². The molecule has 0 aliphatic carbocycles. The molecular formula is Ca3O4P2S4. The largest absolute Gasteiger partial charge is 2.00 e. The van der Waals surface area contributed by atoms with Crippen molar-refractivity contribution < 1.29 is 18.9 Å². The van der Waals surface area contributed by atoms with Gasteiger partial charge in [-0.05, 0) is 0 Å². The smallest absolute Gasteiger partial charge is 0.835 e. The second kappa shape index (κ2) is 15.6. The minimum Gasteiger partial charge on any atom is -0.835 e. The summed E-state index contributed by atoms with van der Waals surface area (Å²) in [7, 11) is 0. The van der Waals surface area contributed by atoms with Gasteiger partial charge in [0, 0.05) is 0 Å². The van der Waals surface area contributed by atoms with Crippen LogP contribution in [-0.4, -0.2) is 113 Å². The maximum absolute atomic E-state index is 9.29.